The third kappa shape index (κ3) is 6.56. The summed E-state index contributed by atoms with van der Waals surface area (Å²) >= 11 is 1.62. The Morgan fingerprint density at radius 2 is 2.07 bits per heavy atom. The number of hydrogen-bond acceptors (Lipinski definition) is 3. The van der Waals surface area contributed by atoms with E-state index >= 15 is 0 Å². The van der Waals surface area contributed by atoms with Gasteiger partial charge in [0.2, 0.25) is 0 Å². The number of thiophene rings is 1. The predicted molar refractivity (Wildman–Crippen MR) is 112 cm³/mol. The third-order valence-electron chi connectivity index (χ3n) is 4.00. The highest BCUT2D eigenvalue weighted by atomic mass is 127. The van der Waals surface area contributed by atoms with Crippen molar-refractivity contribution in [1.82, 2.24) is 10.6 Å². The standard InChI is InChI=1S/C18H20F3N3OS.HI/c1-2-22-17(23-10-12-7-8-26-11-12)24-15-9-14(15)13-5-3-4-6-16(13)25-18(19,20)21;/h3-8,11,14-15H,2,9-10H2,1H3,(H2,22,23,24);1H. The van der Waals surface area contributed by atoms with E-state index in [1.54, 1.807) is 29.5 Å². The Kier molecular flexibility index (Phi) is 7.78. The molecule has 2 unspecified atom stereocenters. The second-order valence-electron chi connectivity index (χ2n) is 6.01. The van der Waals surface area contributed by atoms with Gasteiger partial charge in [0.15, 0.2) is 5.96 Å². The van der Waals surface area contributed by atoms with E-state index in [1.807, 2.05) is 23.8 Å². The van der Waals surface area contributed by atoms with Gasteiger partial charge in [-0.25, -0.2) is 4.99 Å². The van der Waals surface area contributed by atoms with Gasteiger partial charge in [-0.05, 0) is 47.4 Å². The normalized spacial score (nSPS) is 19.2. The van der Waals surface area contributed by atoms with E-state index in [0.29, 0.717) is 24.6 Å². The molecule has 1 heterocycles. The summed E-state index contributed by atoms with van der Waals surface area (Å²) in [6.07, 6.45) is -3.95. The Labute approximate surface area is 177 Å². The first-order valence-electron chi connectivity index (χ1n) is 8.37. The lowest BCUT2D eigenvalue weighted by Gasteiger charge is -2.14. The van der Waals surface area contributed by atoms with Crippen molar-refractivity contribution in [2.45, 2.75) is 38.2 Å². The van der Waals surface area contributed by atoms with Crippen molar-refractivity contribution in [1.29, 1.82) is 0 Å². The van der Waals surface area contributed by atoms with Crippen molar-refractivity contribution in [3.63, 3.8) is 0 Å². The molecule has 1 aromatic heterocycles. The van der Waals surface area contributed by atoms with Crippen LogP contribution in [0.15, 0.2) is 46.1 Å². The molecule has 0 spiro atoms. The van der Waals surface area contributed by atoms with Crippen molar-refractivity contribution in [3.05, 3.63) is 52.2 Å². The van der Waals surface area contributed by atoms with Crippen LogP contribution in [0, 0.1) is 0 Å². The van der Waals surface area contributed by atoms with Crippen molar-refractivity contribution in [3.8, 4) is 5.75 Å². The van der Waals surface area contributed by atoms with Gasteiger partial charge in [0.25, 0.3) is 0 Å². The molecular formula is C18H21F3IN3OS. The fourth-order valence-corrected chi connectivity index (χ4v) is 3.41. The third-order valence-corrected chi connectivity index (χ3v) is 4.73. The van der Waals surface area contributed by atoms with E-state index in [9.17, 15) is 13.2 Å². The number of nitrogens with zero attached hydrogens (tertiary/aromatic N) is 1. The molecule has 0 aliphatic heterocycles. The minimum absolute atomic E-state index is 0. The van der Waals surface area contributed by atoms with Crippen LogP contribution in [0.2, 0.25) is 0 Å². The molecule has 1 saturated carbocycles. The maximum Gasteiger partial charge on any atom is 0.573 e. The van der Waals surface area contributed by atoms with Crippen LogP contribution in [0.4, 0.5) is 13.2 Å². The van der Waals surface area contributed by atoms with Crippen LogP contribution < -0.4 is 15.4 Å². The van der Waals surface area contributed by atoms with Gasteiger partial charge in [-0.1, -0.05) is 18.2 Å². The van der Waals surface area contributed by atoms with Crippen LogP contribution in [0.1, 0.15) is 30.4 Å². The number of ether oxygens (including phenoxy) is 1. The molecule has 1 fully saturated rings. The van der Waals surface area contributed by atoms with Gasteiger partial charge >= 0.3 is 6.36 Å². The Bertz CT molecular complexity index is 753. The van der Waals surface area contributed by atoms with E-state index < -0.39 is 6.36 Å². The zero-order valence-corrected chi connectivity index (χ0v) is 17.8. The summed E-state index contributed by atoms with van der Waals surface area (Å²) in [5.41, 5.74) is 1.69. The molecule has 1 aliphatic rings. The Morgan fingerprint density at radius 1 is 1.30 bits per heavy atom. The molecule has 0 radical (unpaired) electrons. The van der Waals surface area contributed by atoms with Gasteiger partial charge < -0.3 is 15.4 Å². The van der Waals surface area contributed by atoms with E-state index in [4.69, 9.17) is 0 Å². The summed E-state index contributed by atoms with van der Waals surface area (Å²) in [5, 5.41) is 10.5. The second-order valence-corrected chi connectivity index (χ2v) is 6.79. The quantitative estimate of drug-likeness (QED) is 0.331. The molecule has 2 aromatic rings. The predicted octanol–water partition coefficient (Wildman–Crippen LogP) is 4.88. The van der Waals surface area contributed by atoms with Crippen LogP contribution >= 0.6 is 35.3 Å². The van der Waals surface area contributed by atoms with Crippen LogP contribution in [-0.2, 0) is 6.54 Å². The molecule has 1 aliphatic carbocycles. The molecule has 2 atom stereocenters. The summed E-state index contributed by atoms with van der Waals surface area (Å²) in [6.45, 7) is 3.24. The van der Waals surface area contributed by atoms with Crippen molar-refractivity contribution in [2.75, 3.05) is 6.54 Å². The Hall–Kier alpha value is -1.49. The Balaban J connectivity index is 0.00000261. The number of alkyl halides is 3. The number of halogens is 4. The van der Waals surface area contributed by atoms with Gasteiger partial charge in [0.05, 0.1) is 6.54 Å². The molecule has 0 amide bonds. The number of rotatable bonds is 6. The zero-order valence-electron chi connectivity index (χ0n) is 14.6. The van der Waals surface area contributed by atoms with Gasteiger partial charge in [-0.15, -0.1) is 37.1 Å². The van der Waals surface area contributed by atoms with E-state index in [2.05, 4.69) is 20.4 Å². The highest BCUT2D eigenvalue weighted by Crippen LogP contribution is 2.45. The monoisotopic (exact) mass is 511 g/mol. The molecule has 0 bridgehead atoms. The fraction of sp³-hybridized carbons (Fsp3) is 0.389. The lowest BCUT2D eigenvalue weighted by atomic mass is 10.1. The SMILES string of the molecule is CCNC(=NCc1ccsc1)NC1CC1c1ccccc1OC(F)(F)F.I. The van der Waals surface area contributed by atoms with Crippen molar-refractivity contribution < 1.29 is 17.9 Å². The average molecular weight is 511 g/mol. The van der Waals surface area contributed by atoms with Gasteiger partial charge in [0, 0.05) is 18.5 Å². The minimum atomic E-state index is -4.69. The van der Waals surface area contributed by atoms with E-state index in [1.165, 1.54) is 6.07 Å². The van der Waals surface area contributed by atoms with Gasteiger partial charge in [0.1, 0.15) is 5.75 Å². The van der Waals surface area contributed by atoms with Crippen LogP contribution in [0.5, 0.6) is 5.75 Å². The van der Waals surface area contributed by atoms with Crippen LogP contribution in [0.25, 0.3) is 0 Å². The number of nitrogens with one attached hydrogen (secondary N) is 2. The summed E-state index contributed by atoms with van der Waals surface area (Å²) in [7, 11) is 0. The minimum Gasteiger partial charge on any atom is -0.405 e. The van der Waals surface area contributed by atoms with Crippen LogP contribution in [-0.4, -0.2) is 24.9 Å². The number of hydrogen-bond donors (Lipinski definition) is 2. The molecule has 2 N–H and O–H groups in total. The highest BCUT2D eigenvalue weighted by molar-refractivity contribution is 14.0. The van der Waals surface area contributed by atoms with E-state index in [0.717, 1.165) is 12.0 Å². The summed E-state index contributed by atoms with van der Waals surface area (Å²) in [5.74, 6) is 0.508. The smallest absolute Gasteiger partial charge is 0.405 e. The molecule has 9 heteroatoms. The van der Waals surface area contributed by atoms with E-state index in [-0.39, 0.29) is 41.7 Å². The topological polar surface area (TPSA) is 45.7 Å². The molecule has 148 valence electrons. The Morgan fingerprint density at radius 3 is 2.74 bits per heavy atom. The fourth-order valence-electron chi connectivity index (χ4n) is 2.75. The number of guanidine groups is 1. The first-order chi connectivity index (χ1) is 12.5. The lowest BCUT2D eigenvalue weighted by Crippen LogP contribution is -2.39. The number of aliphatic imine (C=N–C) groups is 1. The number of benzene rings is 1. The summed E-state index contributed by atoms with van der Waals surface area (Å²) in [4.78, 5) is 4.54. The van der Waals surface area contributed by atoms with Crippen molar-refractivity contribution in [2.24, 2.45) is 4.99 Å². The maximum absolute atomic E-state index is 12.6. The van der Waals surface area contributed by atoms with Gasteiger partial charge in [-0.2, -0.15) is 11.3 Å². The first-order valence-corrected chi connectivity index (χ1v) is 9.31. The molecule has 1 aromatic carbocycles. The first kappa shape index (κ1) is 21.8. The largest absolute Gasteiger partial charge is 0.573 e. The highest BCUT2D eigenvalue weighted by Gasteiger charge is 2.42. The lowest BCUT2D eigenvalue weighted by molar-refractivity contribution is -0.274. The number of para-hydroxylation sites is 1. The molecule has 0 saturated heterocycles. The van der Waals surface area contributed by atoms with Crippen molar-refractivity contribution >= 4 is 41.3 Å². The van der Waals surface area contributed by atoms with Gasteiger partial charge in [-0.3, -0.25) is 0 Å². The summed E-state index contributed by atoms with van der Waals surface area (Å²) < 4.78 is 41.9. The molecular weight excluding hydrogens is 490 g/mol. The molecule has 4 nitrogen and oxygen atoms in total. The maximum atomic E-state index is 12.6. The molecule has 27 heavy (non-hydrogen) atoms. The average Bonchev–Trinajstić information content (AvgIpc) is 3.13. The second kappa shape index (κ2) is 9.63. The summed E-state index contributed by atoms with van der Waals surface area (Å²) in [6, 6.07) is 8.36. The molecule has 3 rings (SSSR count). The zero-order chi connectivity index (χ0) is 18.6. The van der Waals surface area contributed by atoms with Crippen LogP contribution in [0.3, 0.4) is 0 Å².